The van der Waals surface area contributed by atoms with E-state index in [4.69, 9.17) is 0 Å². The first-order chi connectivity index (χ1) is 6.56. The third-order valence-corrected chi connectivity index (χ3v) is 2.49. The summed E-state index contributed by atoms with van der Waals surface area (Å²) in [6.45, 7) is 0.402. The second-order valence-electron chi connectivity index (χ2n) is 2.49. The van der Waals surface area contributed by atoms with Crippen molar-refractivity contribution in [2.75, 3.05) is 5.33 Å². The third kappa shape index (κ3) is 2.42. The first kappa shape index (κ1) is 11.4. The maximum absolute atomic E-state index is 11.4. The van der Waals surface area contributed by atoms with Gasteiger partial charge in [-0.25, -0.2) is 0 Å². The van der Waals surface area contributed by atoms with E-state index < -0.39 is 4.92 Å². The molecule has 0 bridgehead atoms. The fraction of sp³-hybridized carbons (Fsp3) is 0.286. The summed E-state index contributed by atoms with van der Waals surface area (Å²) >= 11 is 6.14. The molecule has 1 aromatic rings. The summed E-state index contributed by atoms with van der Waals surface area (Å²) in [6.07, 6.45) is 1.23. The lowest BCUT2D eigenvalue weighted by atomic mass is 10.4. The number of pyridine rings is 1. The zero-order valence-corrected chi connectivity index (χ0v) is 10.1. The van der Waals surface area contributed by atoms with Crippen LogP contribution in [0.2, 0.25) is 0 Å². The Kier molecular flexibility index (Phi) is 3.82. The lowest BCUT2D eigenvalue weighted by Gasteiger charge is -2.02. The van der Waals surface area contributed by atoms with Crippen molar-refractivity contribution in [3.63, 3.8) is 0 Å². The topological polar surface area (TPSA) is 65.1 Å². The fourth-order valence-electron chi connectivity index (χ4n) is 0.941. The molecule has 14 heavy (non-hydrogen) atoms. The Morgan fingerprint density at radius 1 is 1.57 bits per heavy atom. The van der Waals surface area contributed by atoms with Gasteiger partial charge in [0.05, 0.1) is 15.6 Å². The third-order valence-electron chi connectivity index (χ3n) is 1.56. The second kappa shape index (κ2) is 4.70. The quantitative estimate of drug-likeness (QED) is 0.484. The summed E-state index contributed by atoms with van der Waals surface area (Å²) in [5, 5.41) is 11.0. The molecule has 0 aromatic carbocycles. The van der Waals surface area contributed by atoms with E-state index in [0.717, 1.165) is 0 Å². The molecule has 0 N–H and O–H groups in total. The van der Waals surface area contributed by atoms with Crippen molar-refractivity contribution >= 4 is 37.5 Å². The second-order valence-corrected chi connectivity index (χ2v) is 4.14. The van der Waals surface area contributed by atoms with E-state index >= 15 is 0 Å². The highest BCUT2D eigenvalue weighted by Gasteiger charge is 2.11. The van der Waals surface area contributed by atoms with Crippen LogP contribution < -0.4 is 5.56 Å². The highest BCUT2D eigenvalue weighted by molar-refractivity contribution is 9.10. The van der Waals surface area contributed by atoms with E-state index in [1.54, 1.807) is 0 Å². The van der Waals surface area contributed by atoms with Crippen LogP contribution in [0.5, 0.6) is 0 Å². The summed E-state index contributed by atoms with van der Waals surface area (Å²) < 4.78 is 1.49. The van der Waals surface area contributed by atoms with Crippen LogP contribution in [-0.4, -0.2) is 14.8 Å². The Balaban J connectivity index is 3.28. The zero-order chi connectivity index (χ0) is 10.7. The van der Waals surface area contributed by atoms with Crippen molar-refractivity contribution in [1.82, 2.24) is 4.57 Å². The molecule has 0 aliphatic heterocycles. The van der Waals surface area contributed by atoms with Gasteiger partial charge < -0.3 is 4.57 Å². The maximum atomic E-state index is 11.4. The summed E-state index contributed by atoms with van der Waals surface area (Å²) in [4.78, 5) is 21.4. The van der Waals surface area contributed by atoms with Gasteiger partial charge >= 0.3 is 0 Å². The molecule has 1 aromatic heterocycles. The molecule has 0 radical (unpaired) electrons. The van der Waals surface area contributed by atoms with Crippen molar-refractivity contribution in [2.45, 2.75) is 6.54 Å². The van der Waals surface area contributed by atoms with Crippen LogP contribution >= 0.6 is 31.9 Å². The number of nitro groups is 1. The van der Waals surface area contributed by atoms with Crippen LogP contribution in [-0.2, 0) is 6.54 Å². The highest BCUT2D eigenvalue weighted by Crippen LogP contribution is 2.14. The smallest absolute Gasteiger partial charge is 0.286 e. The molecule has 0 unspecified atom stereocenters. The molecule has 76 valence electrons. The maximum Gasteiger partial charge on any atom is 0.286 e. The van der Waals surface area contributed by atoms with Gasteiger partial charge in [-0.1, -0.05) is 15.9 Å². The van der Waals surface area contributed by atoms with E-state index in [-0.39, 0.29) is 15.7 Å². The van der Waals surface area contributed by atoms with Gasteiger partial charge in [-0.05, 0) is 15.9 Å². The van der Waals surface area contributed by atoms with Crippen molar-refractivity contribution in [3.05, 3.63) is 37.2 Å². The number of aromatic nitrogens is 1. The number of alkyl halides is 1. The summed E-state index contributed by atoms with van der Waals surface area (Å²) in [5.74, 6) is 0. The van der Waals surface area contributed by atoms with Gasteiger partial charge in [-0.15, -0.1) is 0 Å². The first-order valence-corrected chi connectivity index (χ1v) is 5.58. The van der Waals surface area contributed by atoms with Crippen molar-refractivity contribution in [1.29, 1.82) is 0 Å². The van der Waals surface area contributed by atoms with E-state index in [1.165, 1.54) is 16.8 Å². The van der Waals surface area contributed by atoms with E-state index in [9.17, 15) is 14.9 Å². The van der Waals surface area contributed by atoms with Crippen LogP contribution in [0, 0.1) is 10.1 Å². The van der Waals surface area contributed by atoms with Crippen LogP contribution in [0.25, 0.3) is 0 Å². The molecular weight excluding hydrogens is 320 g/mol. The molecule has 5 nitrogen and oxygen atoms in total. The zero-order valence-electron chi connectivity index (χ0n) is 6.94. The molecule has 0 aliphatic rings. The number of hydrogen-bond acceptors (Lipinski definition) is 3. The number of nitrogens with zero attached hydrogens (tertiary/aromatic N) is 2. The molecule has 7 heteroatoms. The highest BCUT2D eigenvalue weighted by atomic mass is 79.9. The average Bonchev–Trinajstić information content (AvgIpc) is 2.12. The SMILES string of the molecule is O=c1c(Br)cc([N+](=O)[O-])cn1CCBr. The minimum absolute atomic E-state index is 0.0996. The average molecular weight is 326 g/mol. The molecular formula is C7H6Br2N2O3. The van der Waals surface area contributed by atoms with Crippen LogP contribution in [0.4, 0.5) is 5.69 Å². The number of aryl methyl sites for hydroxylation is 1. The van der Waals surface area contributed by atoms with Crippen LogP contribution in [0.3, 0.4) is 0 Å². The van der Waals surface area contributed by atoms with Gasteiger partial charge in [0.15, 0.2) is 0 Å². The van der Waals surface area contributed by atoms with E-state index in [2.05, 4.69) is 31.9 Å². The number of halogens is 2. The lowest BCUT2D eigenvalue weighted by Crippen LogP contribution is -2.21. The normalized spacial score (nSPS) is 10.1. The standard InChI is InChI=1S/C7H6Br2N2O3/c8-1-2-10-4-5(11(13)14)3-6(9)7(10)12/h3-4H,1-2H2. The van der Waals surface area contributed by atoms with E-state index in [1.807, 2.05) is 0 Å². The van der Waals surface area contributed by atoms with Gasteiger partial charge in [-0.2, -0.15) is 0 Å². The minimum Gasteiger partial charge on any atom is -0.307 e. The van der Waals surface area contributed by atoms with Gasteiger partial charge in [0.25, 0.3) is 11.2 Å². The molecule has 0 atom stereocenters. The molecule has 0 fully saturated rings. The summed E-state index contributed by atoms with van der Waals surface area (Å²) in [6, 6.07) is 1.20. The molecule has 0 saturated heterocycles. The molecule has 0 spiro atoms. The molecule has 0 saturated carbocycles. The Morgan fingerprint density at radius 3 is 2.71 bits per heavy atom. The Morgan fingerprint density at radius 2 is 2.21 bits per heavy atom. The predicted molar refractivity (Wildman–Crippen MR) is 58.9 cm³/mol. The molecule has 1 heterocycles. The van der Waals surface area contributed by atoms with Crippen molar-refractivity contribution < 1.29 is 4.92 Å². The van der Waals surface area contributed by atoms with Crippen LogP contribution in [0.1, 0.15) is 0 Å². The Bertz CT molecular complexity index is 416. The molecule has 0 amide bonds. The van der Waals surface area contributed by atoms with E-state index in [0.29, 0.717) is 11.9 Å². The van der Waals surface area contributed by atoms with Gasteiger partial charge in [-0.3, -0.25) is 14.9 Å². The first-order valence-electron chi connectivity index (χ1n) is 3.66. The monoisotopic (exact) mass is 324 g/mol. The lowest BCUT2D eigenvalue weighted by molar-refractivity contribution is -0.385. The van der Waals surface area contributed by atoms with Crippen molar-refractivity contribution in [3.8, 4) is 0 Å². The number of rotatable bonds is 3. The summed E-state index contributed by atoms with van der Waals surface area (Å²) in [7, 11) is 0. The largest absolute Gasteiger partial charge is 0.307 e. The van der Waals surface area contributed by atoms with Gasteiger partial charge in [0, 0.05) is 17.9 Å². The number of hydrogen-bond donors (Lipinski definition) is 0. The Labute approximate surface area is 96.1 Å². The predicted octanol–water partition coefficient (Wildman–Crippen LogP) is 1.91. The minimum atomic E-state index is -0.533. The Hall–Kier alpha value is -0.690. The fourth-order valence-corrected chi connectivity index (χ4v) is 1.79. The van der Waals surface area contributed by atoms with Crippen LogP contribution in [0.15, 0.2) is 21.5 Å². The van der Waals surface area contributed by atoms with Gasteiger partial charge in [0.2, 0.25) is 0 Å². The molecule has 0 aliphatic carbocycles. The van der Waals surface area contributed by atoms with Crippen molar-refractivity contribution in [2.24, 2.45) is 0 Å². The van der Waals surface area contributed by atoms with Gasteiger partial charge in [0.1, 0.15) is 0 Å². The summed E-state index contributed by atoms with van der Waals surface area (Å²) in [5.41, 5.74) is -0.368. The molecule has 1 rings (SSSR count).